The van der Waals surface area contributed by atoms with E-state index in [1.807, 2.05) is 20.8 Å². The predicted molar refractivity (Wildman–Crippen MR) is 192 cm³/mol. The highest BCUT2D eigenvalue weighted by atomic mass is 28.4. The van der Waals surface area contributed by atoms with Crippen LogP contribution >= 0.6 is 0 Å². The van der Waals surface area contributed by atoms with Gasteiger partial charge in [0.2, 0.25) is 0 Å². The number of rotatable bonds is 10. The van der Waals surface area contributed by atoms with Gasteiger partial charge in [0.15, 0.2) is 28.7 Å². The van der Waals surface area contributed by atoms with E-state index in [4.69, 9.17) is 38.4 Å². The molecule has 4 aliphatic rings. The van der Waals surface area contributed by atoms with E-state index >= 15 is 0 Å². The van der Waals surface area contributed by atoms with Crippen LogP contribution in [0.1, 0.15) is 67.7 Å². The summed E-state index contributed by atoms with van der Waals surface area (Å²) >= 11 is 0. The molecule has 1 spiro atoms. The Labute approximate surface area is 292 Å². The number of nitrogens with one attached hydrogen (secondary N) is 1. The fourth-order valence-corrected chi connectivity index (χ4v) is 10.9. The van der Waals surface area contributed by atoms with Gasteiger partial charge < -0.3 is 37.4 Å². The van der Waals surface area contributed by atoms with Crippen LogP contribution in [0.4, 0.5) is 0 Å². The van der Waals surface area contributed by atoms with Gasteiger partial charge >= 0.3 is 5.97 Å². The van der Waals surface area contributed by atoms with E-state index in [0.29, 0.717) is 19.4 Å². The summed E-state index contributed by atoms with van der Waals surface area (Å²) in [5.74, 6) is 3.59. The Hall–Kier alpha value is -0.716. The first-order valence-corrected chi connectivity index (χ1v) is 24.9. The molecule has 0 saturated carbocycles. The second kappa shape index (κ2) is 14.4. The van der Waals surface area contributed by atoms with E-state index in [1.165, 1.54) is 0 Å². The van der Waals surface area contributed by atoms with Gasteiger partial charge in [-0.25, -0.2) is 0 Å². The number of carbonyl (C=O) groups is 1. The van der Waals surface area contributed by atoms with Gasteiger partial charge in [-0.3, -0.25) is 16.1 Å². The molecule has 3 bridgehead atoms. The summed E-state index contributed by atoms with van der Waals surface area (Å²) in [5, 5.41) is 0. The molecule has 48 heavy (non-hydrogen) atoms. The van der Waals surface area contributed by atoms with Crippen molar-refractivity contribution in [1.29, 1.82) is 0 Å². The first-order valence-electron chi connectivity index (χ1n) is 18.1. The molecule has 0 aromatic carbocycles. The number of hydrogen-bond donors (Lipinski definition) is 2. The third kappa shape index (κ3) is 8.17. The number of ether oxygens (including phenoxy) is 5. The fourth-order valence-electron chi connectivity index (χ4n) is 8.59. The molecule has 2 unspecified atom stereocenters. The Morgan fingerprint density at radius 1 is 1.00 bits per heavy atom. The van der Waals surface area contributed by atoms with Crippen LogP contribution in [-0.2, 0) is 37.3 Å². The zero-order chi connectivity index (χ0) is 36.2. The summed E-state index contributed by atoms with van der Waals surface area (Å²) in [6.45, 7) is 27.8. The zero-order valence-electron chi connectivity index (χ0n) is 32.5. The number of hydrogen-bond acceptors (Lipinski definition) is 11. The minimum Gasteiger partial charge on any atom is -0.459 e. The lowest BCUT2D eigenvalue weighted by Gasteiger charge is -2.50. The van der Waals surface area contributed by atoms with E-state index in [1.54, 1.807) is 0 Å². The minimum atomic E-state index is -2.17. The standard InChI is InChI=1S/C35H67N3O8Si2/c1-16-27-33(6)19-25(20-37-36)35(45-33)21(2)18-34(7,46-35)30(23(4)28(43-47(10,11)12)24(5)31(39)41-27)42-32-29(44-48(13,14)15)26(38(8)9)17-22(3)40-32/h19,21-24,26-30,32,37H,16-18,20,36H2,1-15H3/t21-,22-,23+,24-,26+,27-,28+,29+,30-,32+,33?,34-,35?/m1/s1. The summed E-state index contributed by atoms with van der Waals surface area (Å²) in [5.41, 5.74) is 1.95. The molecule has 11 nitrogen and oxygen atoms in total. The van der Waals surface area contributed by atoms with Crippen LogP contribution in [0.15, 0.2) is 11.6 Å². The van der Waals surface area contributed by atoms with Gasteiger partial charge in [-0.15, -0.1) is 0 Å². The Kier molecular flexibility index (Phi) is 12.0. The van der Waals surface area contributed by atoms with Gasteiger partial charge in [0.05, 0.1) is 29.8 Å². The minimum absolute atomic E-state index is 0.0500. The highest BCUT2D eigenvalue weighted by molar-refractivity contribution is 6.70. The third-order valence-electron chi connectivity index (χ3n) is 10.6. The second-order valence-corrected chi connectivity index (χ2v) is 26.5. The highest BCUT2D eigenvalue weighted by Gasteiger charge is 2.65. The first kappa shape index (κ1) is 40.1. The van der Waals surface area contributed by atoms with Crippen molar-refractivity contribution in [2.24, 2.45) is 23.6 Å². The van der Waals surface area contributed by atoms with Crippen molar-refractivity contribution in [3.63, 3.8) is 0 Å². The first-order chi connectivity index (χ1) is 22.0. The van der Waals surface area contributed by atoms with Gasteiger partial charge in [-0.05, 0) is 106 Å². The van der Waals surface area contributed by atoms with E-state index in [2.05, 4.69) is 97.5 Å². The molecule has 3 saturated heterocycles. The SMILES string of the molecule is CC[C@H]1OC(=O)[C@H](C)[C@@H](O[Si](C)(C)C)[C@H](C)[C@@H](O[C@@H]2O[C@H](C)C[C@H](N(C)C)[C@@H]2O[Si](C)(C)C)[C@@]2(C)C[C@@H](C)C3(OC1(C)C=C3CNN)O2. The maximum absolute atomic E-state index is 14.1. The summed E-state index contributed by atoms with van der Waals surface area (Å²) in [7, 11) is -0.0148. The number of likely N-dealkylation sites (N-methyl/N-ethyl adjacent to an activating group) is 1. The average Bonchev–Trinajstić information content (AvgIpc) is 3.38. The van der Waals surface area contributed by atoms with Crippen molar-refractivity contribution in [1.82, 2.24) is 10.3 Å². The van der Waals surface area contributed by atoms with E-state index in [-0.39, 0.29) is 36.1 Å². The van der Waals surface area contributed by atoms with Gasteiger partial charge in [-0.1, -0.05) is 20.8 Å². The molecule has 3 N–H and O–H groups in total. The Morgan fingerprint density at radius 2 is 1.60 bits per heavy atom. The maximum Gasteiger partial charge on any atom is 0.311 e. The largest absolute Gasteiger partial charge is 0.459 e. The monoisotopic (exact) mass is 713 g/mol. The Morgan fingerprint density at radius 3 is 2.15 bits per heavy atom. The number of nitrogens with two attached hydrogens (primary N) is 1. The molecule has 4 aliphatic heterocycles. The molecule has 13 atom stereocenters. The van der Waals surface area contributed by atoms with Crippen molar-refractivity contribution in [3.05, 3.63) is 11.6 Å². The average molecular weight is 714 g/mol. The van der Waals surface area contributed by atoms with Crippen LogP contribution < -0.4 is 11.3 Å². The Bertz CT molecular complexity index is 1180. The molecule has 0 amide bonds. The number of esters is 1. The molecule has 4 rings (SSSR count). The van der Waals surface area contributed by atoms with Crippen molar-refractivity contribution in [2.45, 2.75) is 167 Å². The topological polar surface area (TPSA) is 123 Å². The predicted octanol–water partition coefficient (Wildman–Crippen LogP) is 5.17. The van der Waals surface area contributed by atoms with Crippen LogP contribution in [0, 0.1) is 17.8 Å². The van der Waals surface area contributed by atoms with Crippen LogP contribution in [0.25, 0.3) is 0 Å². The lowest BCUT2D eigenvalue weighted by atomic mass is 9.78. The molecule has 0 aliphatic carbocycles. The Balaban J connectivity index is 1.90. The summed E-state index contributed by atoms with van der Waals surface area (Å²) < 4.78 is 48.6. The molecular weight excluding hydrogens is 647 g/mol. The number of cyclic esters (lactones) is 1. The maximum atomic E-state index is 14.1. The van der Waals surface area contributed by atoms with Gasteiger partial charge in [0.1, 0.15) is 17.8 Å². The molecular formula is C35H67N3O8Si2. The molecule has 278 valence electrons. The van der Waals surface area contributed by atoms with Crippen molar-refractivity contribution in [2.75, 3.05) is 20.6 Å². The van der Waals surface area contributed by atoms with Gasteiger partial charge in [-0.2, -0.15) is 0 Å². The van der Waals surface area contributed by atoms with Crippen LogP contribution in [0.5, 0.6) is 0 Å². The molecule has 13 heteroatoms. The molecule has 4 heterocycles. The van der Waals surface area contributed by atoms with Crippen LogP contribution in [0.2, 0.25) is 39.3 Å². The molecule has 0 aromatic rings. The number of fused-ring (bicyclic) bond motifs is 2. The quantitative estimate of drug-likeness (QED) is 0.102. The second-order valence-electron chi connectivity index (χ2n) is 17.5. The van der Waals surface area contributed by atoms with Crippen LogP contribution in [0.3, 0.4) is 0 Å². The highest BCUT2D eigenvalue weighted by Crippen LogP contribution is 2.56. The van der Waals surface area contributed by atoms with Gasteiger partial charge in [0.25, 0.3) is 0 Å². The van der Waals surface area contributed by atoms with Crippen molar-refractivity contribution >= 4 is 22.6 Å². The van der Waals surface area contributed by atoms with Gasteiger partial charge in [0, 0.05) is 30.0 Å². The van der Waals surface area contributed by atoms with E-state index in [9.17, 15) is 4.79 Å². The number of hydrazine groups is 1. The van der Waals surface area contributed by atoms with Crippen molar-refractivity contribution in [3.8, 4) is 0 Å². The summed E-state index contributed by atoms with van der Waals surface area (Å²) in [6, 6.07) is 0.0903. The number of carbonyl (C=O) groups excluding carboxylic acids is 1. The normalized spacial score (nSPS) is 44.3. The van der Waals surface area contributed by atoms with E-state index < -0.39 is 64.1 Å². The summed E-state index contributed by atoms with van der Waals surface area (Å²) in [6.07, 6.45) is 1.46. The van der Waals surface area contributed by atoms with Crippen LogP contribution in [-0.4, -0.2) is 108 Å². The lowest BCUT2D eigenvalue weighted by molar-refractivity contribution is -0.326. The molecule has 3 fully saturated rings. The lowest BCUT2D eigenvalue weighted by Crippen LogP contribution is -2.62. The third-order valence-corrected chi connectivity index (χ3v) is 12.5. The van der Waals surface area contributed by atoms with E-state index in [0.717, 1.165) is 12.0 Å². The zero-order valence-corrected chi connectivity index (χ0v) is 34.5. The smallest absolute Gasteiger partial charge is 0.311 e. The fraction of sp³-hybridized carbons (Fsp3) is 0.914. The summed E-state index contributed by atoms with van der Waals surface area (Å²) in [4.78, 5) is 16.4. The molecule has 0 radical (unpaired) electrons. The number of nitrogens with zero attached hydrogens (tertiary/aromatic N) is 1. The van der Waals surface area contributed by atoms with Crippen molar-refractivity contribution < 1.29 is 37.3 Å². The molecule has 0 aromatic heterocycles.